The fourth-order valence-electron chi connectivity index (χ4n) is 2.00. The monoisotopic (exact) mass is 316 g/mol. The zero-order valence-corrected chi connectivity index (χ0v) is 11.3. The summed E-state index contributed by atoms with van der Waals surface area (Å²) in [5.41, 5.74) is 1.38. The lowest BCUT2D eigenvalue weighted by Crippen LogP contribution is -2.14. The molecule has 0 saturated heterocycles. The molecule has 19 heavy (non-hydrogen) atoms. The molecule has 4 nitrogen and oxygen atoms in total. The molecular formula is C14H9BrN2O2. The number of rotatable bonds is 2. The third-order valence-electron chi connectivity index (χ3n) is 2.89. The number of halogens is 1. The molecule has 2 aromatic heterocycles. The summed E-state index contributed by atoms with van der Waals surface area (Å²) in [4.78, 5) is 27.1. The second kappa shape index (κ2) is 4.51. The lowest BCUT2D eigenvalue weighted by Gasteiger charge is -2.02. The van der Waals surface area contributed by atoms with Crippen LogP contribution in [0.2, 0.25) is 0 Å². The summed E-state index contributed by atoms with van der Waals surface area (Å²) in [7, 11) is 0. The van der Waals surface area contributed by atoms with Gasteiger partial charge < -0.3 is 4.98 Å². The Kier molecular flexibility index (Phi) is 2.83. The van der Waals surface area contributed by atoms with E-state index in [1.807, 2.05) is 18.2 Å². The van der Waals surface area contributed by atoms with Crippen LogP contribution in [0.5, 0.6) is 0 Å². The molecule has 0 fully saturated rings. The number of hydrogen-bond acceptors (Lipinski definition) is 2. The number of pyridine rings is 1. The van der Waals surface area contributed by atoms with Crippen LogP contribution in [0.4, 0.5) is 0 Å². The van der Waals surface area contributed by atoms with E-state index in [1.165, 1.54) is 10.5 Å². The maximum atomic E-state index is 12.4. The summed E-state index contributed by atoms with van der Waals surface area (Å²) in [6.07, 6.45) is 1.61. The van der Waals surface area contributed by atoms with Gasteiger partial charge in [0.25, 0.3) is 5.56 Å². The topological polar surface area (TPSA) is 54.3 Å². The highest BCUT2D eigenvalue weighted by molar-refractivity contribution is 9.10. The van der Waals surface area contributed by atoms with Crippen LogP contribution in [0.15, 0.2) is 58.1 Å². The molecule has 0 bridgehead atoms. The maximum absolute atomic E-state index is 12.4. The number of nitrogens with zero attached hydrogens (tertiary/aromatic N) is 1. The SMILES string of the molecule is O=C(c1ccccc1)c1ccc(=O)n2cc(Br)[nH]c12. The van der Waals surface area contributed by atoms with Gasteiger partial charge in [-0.25, -0.2) is 0 Å². The highest BCUT2D eigenvalue weighted by Gasteiger charge is 2.14. The van der Waals surface area contributed by atoms with Crippen LogP contribution >= 0.6 is 15.9 Å². The quantitative estimate of drug-likeness (QED) is 0.739. The normalized spacial score (nSPS) is 10.8. The zero-order valence-electron chi connectivity index (χ0n) is 9.76. The van der Waals surface area contributed by atoms with E-state index in [1.54, 1.807) is 24.4 Å². The van der Waals surface area contributed by atoms with Crippen LogP contribution in [0.1, 0.15) is 15.9 Å². The standard InChI is InChI=1S/C14H9BrN2O2/c15-11-8-17-12(18)7-6-10(14(17)16-11)13(19)9-4-2-1-3-5-9/h1-8,16H. The first-order valence-corrected chi connectivity index (χ1v) is 6.46. The molecule has 3 rings (SSSR count). The van der Waals surface area contributed by atoms with Crippen molar-refractivity contribution in [1.29, 1.82) is 0 Å². The Morgan fingerprint density at radius 1 is 1.11 bits per heavy atom. The van der Waals surface area contributed by atoms with Gasteiger partial charge in [-0.1, -0.05) is 30.3 Å². The van der Waals surface area contributed by atoms with Crippen LogP contribution in [-0.2, 0) is 0 Å². The van der Waals surface area contributed by atoms with Crippen LogP contribution in [-0.4, -0.2) is 15.2 Å². The van der Waals surface area contributed by atoms with Crippen molar-refractivity contribution in [1.82, 2.24) is 9.38 Å². The first-order chi connectivity index (χ1) is 9.16. The molecule has 0 aliphatic carbocycles. The maximum Gasteiger partial charge on any atom is 0.256 e. The van der Waals surface area contributed by atoms with Crippen molar-refractivity contribution in [3.05, 3.63) is 74.7 Å². The minimum absolute atomic E-state index is 0.118. The average Bonchev–Trinajstić information content (AvgIpc) is 2.82. The number of aromatic nitrogens is 2. The number of aromatic amines is 1. The molecule has 94 valence electrons. The van der Waals surface area contributed by atoms with Gasteiger partial charge in [0.05, 0.1) is 5.56 Å². The Morgan fingerprint density at radius 3 is 2.58 bits per heavy atom. The number of imidazole rings is 1. The van der Waals surface area contributed by atoms with Crippen LogP contribution < -0.4 is 5.56 Å². The minimum atomic E-state index is -0.179. The molecule has 0 aliphatic heterocycles. The Balaban J connectivity index is 2.24. The van der Waals surface area contributed by atoms with E-state index in [2.05, 4.69) is 20.9 Å². The second-order valence-corrected chi connectivity index (χ2v) is 4.96. The lowest BCUT2D eigenvalue weighted by atomic mass is 10.0. The summed E-state index contributed by atoms with van der Waals surface area (Å²) in [6, 6.07) is 11.9. The molecule has 3 aromatic rings. The Labute approximate surface area is 116 Å². The molecule has 0 spiro atoms. The van der Waals surface area contributed by atoms with E-state index in [9.17, 15) is 9.59 Å². The van der Waals surface area contributed by atoms with Crippen LogP contribution in [0.25, 0.3) is 5.65 Å². The van der Waals surface area contributed by atoms with Crippen LogP contribution in [0.3, 0.4) is 0 Å². The van der Waals surface area contributed by atoms with Gasteiger partial charge in [0.1, 0.15) is 10.3 Å². The molecule has 0 saturated carbocycles. The van der Waals surface area contributed by atoms with E-state index in [0.29, 0.717) is 21.4 Å². The van der Waals surface area contributed by atoms with E-state index >= 15 is 0 Å². The number of hydrogen-bond donors (Lipinski definition) is 1. The molecular weight excluding hydrogens is 308 g/mol. The van der Waals surface area contributed by atoms with Crippen LogP contribution in [0, 0.1) is 0 Å². The van der Waals surface area contributed by atoms with Gasteiger partial charge in [0, 0.05) is 17.8 Å². The first kappa shape index (κ1) is 11.9. The second-order valence-electron chi connectivity index (χ2n) is 4.10. The number of ketones is 1. The summed E-state index contributed by atoms with van der Waals surface area (Å²) < 4.78 is 2.07. The van der Waals surface area contributed by atoms with Gasteiger partial charge in [-0.05, 0) is 22.0 Å². The summed E-state index contributed by atoms with van der Waals surface area (Å²) >= 11 is 3.27. The third kappa shape index (κ3) is 2.02. The highest BCUT2D eigenvalue weighted by Crippen LogP contribution is 2.16. The molecule has 0 atom stereocenters. The van der Waals surface area contributed by atoms with Gasteiger partial charge in [-0.3, -0.25) is 14.0 Å². The smallest absolute Gasteiger partial charge is 0.256 e. The van der Waals surface area contributed by atoms with Gasteiger partial charge in [-0.2, -0.15) is 0 Å². The molecule has 0 aliphatic rings. The third-order valence-corrected chi connectivity index (χ3v) is 3.29. The van der Waals surface area contributed by atoms with E-state index in [4.69, 9.17) is 0 Å². The largest absolute Gasteiger partial charge is 0.334 e. The summed E-state index contributed by atoms with van der Waals surface area (Å²) in [6.45, 7) is 0. The van der Waals surface area contributed by atoms with E-state index < -0.39 is 0 Å². The Hall–Kier alpha value is -2.14. The number of H-pyrrole nitrogens is 1. The molecule has 1 N–H and O–H groups in total. The molecule has 2 heterocycles. The predicted molar refractivity (Wildman–Crippen MR) is 75.6 cm³/mol. The van der Waals surface area contributed by atoms with Crippen molar-refractivity contribution in [3.8, 4) is 0 Å². The number of carbonyl (C=O) groups excluding carboxylic acids is 1. The van der Waals surface area contributed by atoms with Crippen molar-refractivity contribution >= 4 is 27.4 Å². The number of benzene rings is 1. The first-order valence-electron chi connectivity index (χ1n) is 5.66. The molecule has 1 aromatic carbocycles. The van der Waals surface area contributed by atoms with Gasteiger partial charge in [0.15, 0.2) is 5.78 Å². The summed E-state index contributed by atoms with van der Waals surface area (Å²) in [5, 5.41) is 0. The minimum Gasteiger partial charge on any atom is -0.334 e. The molecule has 0 unspecified atom stereocenters. The van der Waals surface area contributed by atoms with Crippen molar-refractivity contribution in [3.63, 3.8) is 0 Å². The van der Waals surface area contributed by atoms with Crippen molar-refractivity contribution in [2.45, 2.75) is 0 Å². The number of fused-ring (bicyclic) bond motifs is 1. The fourth-order valence-corrected chi connectivity index (χ4v) is 2.39. The lowest BCUT2D eigenvalue weighted by molar-refractivity contribution is 0.104. The average molecular weight is 317 g/mol. The molecule has 5 heteroatoms. The molecule has 0 radical (unpaired) electrons. The van der Waals surface area contributed by atoms with Gasteiger partial charge >= 0.3 is 0 Å². The number of carbonyl (C=O) groups is 1. The zero-order chi connectivity index (χ0) is 13.4. The van der Waals surface area contributed by atoms with Crippen molar-refractivity contribution < 1.29 is 4.79 Å². The van der Waals surface area contributed by atoms with E-state index in [-0.39, 0.29) is 11.3 Å². The number of nitrogens with one attached hydrogen (secondary N) is 1. The predicted octanol–water partition coefficient (Wildman–Crippen LogP) is 2.62. The van der Waals surface area contributed by atoms with Gasteiger partial charge in [-0.15, -0.1) is 0 Å². The van der Waals surface area contributed by atoms with E-state index in [0.717, 1.165) is 0 Å². The molecule has 0 amide bonds. The summed E-state index contributed by atoms with van der Waals surface area (Å²) in [5.74, 6) is -0.118. The van der Waals surface area contributed by atoms with Crippen molar-refractivity contribution in [2.24, 2.45) is 0 Å². The Bertz CT molecular complexity index is 818. The highest BCUT2D eigenvalue weighted by atomic mass is 79.9. The van der Waals surface area contributed by atoms with Gasteiger partial charge in [0.2, 0.25) is 0 Å². The fraction of sp³-hybridized carbons (Fsp3) is 0. The Morgan fingerprint density at radius 2 is 1.84 bits per heavy atom. The van der Waals surface area contributed by atoms with Crippen molar-refractivity contribution in [2.75, 3.05) is 0 Å².